The second-order valence-corrected chi connectivity index (χ2v) is 5.04. The summed E-state index contributed by atoms with van der Waals surface area (Å²) in [6, 6.07) is 0. The van der Waals surface area contributed by atoms with Gasteiger partial charge in [-0.25, -0.2) is 0 Å². The number of nitrogens with zero attached hydrogens (tertiary/aromatic N) is 1. The fraction of sp³-hybridized carbons (Fsp3) is 0.727. The largest absolute Gasteiger partial charge is 0.393 e. The van der Waals surface area contributed by atoms with Gasteiger partial charge in [-0.2, -0.15) is 0 Å². The Morgan fingerprint density at radius 3 is 2.50 bits per heavy atom. The van der Waals surface area contributed by atoms with Gasteiger partial charge < -0.3 is 21.1 Å². The highest BCUT2D eigenvalue weighted by molar-refractivity contribution is 7.80. The van der Waals surface area contributed by atoms with E-state index in [0.29, 0.717) is 25.9 Å². The summed E-state index contributed by atoms with van der Waals surface area (Å²) in [5.41, 5.74) is 5.23. The van der Waals surface area contributed by atoms with Crippen LogP contribution in [0.5, 0.6) is 0 Å². The zero-order chi connectivity index (χ0) is 13.7. The van der Waals surface area contributed by atoms with Crippen molar-refractivity contribution in [2.75, 3.05) is 19.6 Å². The van der Waals surface area contributed by atoms with Gasteiger partial charge in [0.05, 0.1) is 17.6 Å². The molecule has 102 valence electrons. The van der Waals surface area contributed by atoms with Crippen molar-refractivity contribution in [1.82, 2.24) is 10.2 Å². The fourth-order valence-corrected chi connectivity index (χ4v) is 2.04. The van der Waals surface area contributed by atoms with Gasteiger partial charge in [-0.1, -0.05) is 12.2 Å². The number of carbonyl (C=O) groups is 2. The normalized spacial score (nSPS) is 18.2. The minimum absolute atomic E-state index is 0.0318. The summed E-state index contributed by atoms with van der Waals surface area (Å²) in [5.74, 6) is -1.04. The smallest absolute Gasteiger partial charge is 0.311 e. The Hall–Kier alpha value is -1.21. The highest BCUT2D eigenvalue weighted by Gasteiger charge is 2.28. The summed E-state index contributed by atoms with van der Waals surface area (Å²) in [6.45, 7) is 2.77. The van der Waals surface area contributed by atoms with E-state index in [0.717, 1.165) is 0 Å². The van der Waals surface area contributed by atoms with Crippen LogP contribution in [-0.2, 0) is 9.59 Å². The number of carbonyl (C=O) groups excluding carboxylic acids is 2. The number of aliphatic hydroxyl groups excluding tert-OH is 1. The van der Waals surface area contributed by atoms with Gasteiger partial charge in [0.15, 0.2) is 0 Å². The summed E-state index contributed by atoms with van der Waals surface area (Å²) in [7, 11) is 0. The highest BCUT2D eigenvalue weighted by atomic mass is 32.1. The van der Waals surface area contributed by atoms with Gasteiger partial charge in [0, 0.05) is 13.1 Å². The summed E-state index contributed by atoms with van der Waals surface area (Å²) in [6.07, 6.45) is 1.06. The Labute approximate surface area is 112 Å². The second-order valence-electron chi connectivity index (χ2n) is 4.52. The predicted molar refractivity (Wildman–Crippen MR) is 70.8 cm³/mol. The molecule has 18 heavy (non-hydrogen) atoms. The molecule has 0 aliphatic carbocycles. The van der Waals surface area contributed by atoms with E-state index in [-0.39, 0.29) is 23.6 Å². The van der Waals surface area contributed by atoms with Crippen LogP contribution in [0.15, 0.2) is 0 Å². The molecule has 1 heterocycles. The molecule has 1 rings (SSSR count). The molecule has 0 saturated carbocycles. The number of nitrogens with one attached hydrogen (secondary N) is 1. The third-order valence-electron chi connectivity index (χ3n) is 3.13. The molecule has 1 unspecified atom stereocenters. The number of aliphatic hydroxyl groups is 1. The molecule has 0 radical (unpaired) electrons. The highest BCUT2D eigenvalue weighted by Crippen LogP contribution is 2.20. The van der Waals surface area contributed by atoms with Crippen LogP contribution in [0.2, 0.25) is 0 Å². The molecule has 7 heteroatoms. The van der Waals surface area contributed by atoms with Crippen molar-refractivity contribution in [2.45, 2.75) is 25.9 Å². The maximum absolute atomic E-state index is 11.8. The van der Waals surface area contributed by atoms with Crippen molar-refractivity contribution in [1.29, 1.82) is 0 Å². The monoisotopic (exact) mass is 273 g/mol. The fourth-order valence-electron chi connectivity index (χ4n) is 1.97. The summed E-state index contributed by atoms with van der Waals surface area (Å²) in [5, 5.41) is 11.8. The third-order valence-corrected chi connectivity index (χ3v) is 3.27. The lowest BCUT2D eigenvalue weighted by Gasteiger charge is -2.32. The summed E-state index contributed by atoms with van der Waals surface area (Å²) >= 11 is 4.61. The van der Waals surface area contributed by atoms with Crippen LogP contribution in [0.25, 0.3) is 0 Å². The average molecular weight is 273 g/mol. The van der Waals surface area contributed by atoms with Gasteiger partial charge in [-0.05, 0) is 25.7 Å². The molecule has 0 aromatic carbocycles. The van der Waals surface area contributed by atoms with Gasteiger partial charge in [0.25, 0.3) is 0 Å². The van der Waals surface area contributed by atoms with Crippen LogP contribution in [0.3, 0.4) is 0 Å². The molecule has 6 nitrogen and oxygen atoms in total. The van der Waals surface area contributed by atoms with E-state index in [1.165, 1.54) is 4.90 Å². The molecule has 1 aliphatic rings. The second kappa shape index (κ2) is 6.65. The number of nitrogens with two attached hydrogens (primary N) is 1. The van der Waals surface area contributed by atoms with E-state index in [1.807, 2.05) is 0 Å². The first kappa shape index (κ1) is 14.8. The van der Waals surface area contributed by atoms with Crippen molar-refractivity contribution in [3.63, 3.8) is 0 Å². The molecule has 0 spiro atoms. The molecule has 1 aliphatic heterocycles. The standard InChI is InChI=1S/C11H19N3O3S/c1-7(15)8-2-4-14(5-3-8)11(17)10(16)13-6-9(12)18/h7-8,15H,2-6H2,1H3,(H2,12,18)(H,13,16). The van der Waals surface area contributed by atoms with E-state index in [4.69, 9.17) is 5.73 Å². The number of hydrogen-bond acceptors (Lipinski definition) is 4. The predicted octanol–water partition coefficient (Wildman–Crippen LogP) is -0.992. The Balaban J connectivity index is 2.40. The van der Waals surface area contributed by atoms with E-state index in [9.17, 15) is 14.7 Å². The van der Waals surface area contributed by atoms with Crippen LogP contribution >= 0.6 is 12.2 Å². The molecule has 1 atom stereocenters. The maximum Gasteiger partial charge on any atom is 0.311 e. The molecule has 1 fully saturated rings. The maximum atomic E-state index is 11.8. The Morgan fingerprint density at radius 1 is 1.50 bits per heavy atom. The lowest BCUT2D eigenvalue weighted by atomic mass is 9.92. The Morgan fingerprint density at radius 2 is 2.06 bits per heavy atom. The first-order valence-electron chi connectivity index (χ1n) is 5.95. The van der Waals surface area contributed by atoms with Crippen LogP contribution in [0.4, 0.5) is 0 Å². The van der Waals surface area contributed by atoms with Gasteiger partial charge >= 0.3 is 11.8 Å². The minimum Gasteiger partial charge on any atom is -0.393 e. The first-order valence-corrected chi connectivity index (χ1v) is 6.36. The van der Waals surface area contributed by atoms with Crippen molar-refractivity contribution in [2.24, 2.45) is 11.7 Å². The van der Waals surface area contributed by atoms with Gasteiger partial charge in [-0.15, -0.1) is 0 Å². The molecule has 1 saturated heterocycles. The summed E-state index contributed by atoms with van der Waals surface area (Å²) in [4.78, 5) is 24.9. The lowest BCUT2D eigenvalue weighted by Crippen LogP contribution is -2.48. The SMILES string of the molecule is CC(O)C1CCN(C(=O)C(=O)NCC(N)=S)CC1. The third kappa shape index (κ3) is 4.23. The lowest BCUT2D eigenvalue weighted by molar-refractivity contribution is -0.146. The van der Waals surface area contributed by atoms with Crippen LogP contribution < -0.4 is 11.1 Å². The Bertz CT molecular complexity index is 338. The average Bonchev–Trinajstić information content (AvgIpc) is 2.35. The van der Waals surface area contributed by atoms with Gasteiger partial charge in [0.1, 0.15) is 0 Å². The van der Waals surface area contributed by atoms with Gasteiger partial charge in [-0.3, -0.25) is 9.59 Å². The first-order chi connectivity index (χ1) is 8.41. The molecule has 0 bridgehead atoms. The topological polar surface area (TPSA) is 95.7 Å². The van der Waals surface area contributed by atoms with E-state index in [2.05, 4.69) is 17.5 Å². The zero-order valence-corrected chi connectivity index (χ0v) is 11.2. The minimum atomic E-state index is -0.682. The molecular formula is C11H19N3O3S. The number of piperidine rings is 1. The van der Waals surface area contributed by atoms with E-state index in [1.54, 1.807) is 6.92 Å². The number of rotatable bonds is 3. The zero-order valence-electron chi connectivity index (χ0n) is 10.4. The van der Waals surface area contributed by atoms with Crippen LogP contribution in [0, 0.1) is 5.92 Å². The van der Waals surface area contributed by atoms with Crippen LogP contribution in [-0.4, -0.2) is 52.5 Å². The molecule has 2 amide bonds. The van der Waals surface area contributed by atoms with Crippen molar-refractivity contribution in [3.8, 4) is 0 Å². The van der Waals surface area contributed by atoms with Crippen molar-refractivity contribution < 1.29 is 14.7 Å². The quantitative estimate of drug-likeness (QED) is 0.453. The number of likely N-dealkylation sites (tertiary alicyclic amines) is 1. The van der Waals surface area contributed by atoms with Crippen LogP contribution in [0.1, 0.15) is 19.8 Å². The molecule has 0 aromatic rings. The number of thiocarbonyl (C=S) groups is 1. The van der Waals surface area contributed by atoms with Crippen molar-refractivity contribution in [3.05, 3.63) is 0 Å². The number of hydrogen-bond donors (Lipinski definition) is 3. The van der Waals surface area contributed by atoms with E-state index < -0.39 is 11.8 Å². The van der Waals surface area contributed by atoms with Crippen molar-refractivity contribution >= 4 is 29.0 Å². The summed E-state index contributed by atoms with van der Waals surface area (Å²) < 4.78 is 0. The molecule has 4 N–H and O–H groups in total. The molecular weight excluding hydrogens is 254 g/mol. The Kier molecular flexibility index (Phi) is 5.49. The van der Waals surface area contributed by atoms with E-state index >= 15 is 0 Å². The van der Waals surface area contributed by atoms with Gasteiger partial charge in [0.2, 0.25) is 0 Å². The molecule has 0 aromatic heterocycles. The number of amides is 2.